The van der Waals surface area contributed by atoms with Crippen molar-refractivity contribution in [3.05, 3.63) is 48.5 Å². The molecule has 0 atom stereocenters. The fraction of sp³-hybridized carbons (Fsp3) is 0.318. The molecule has 4 N–H and O–H groups in total. The second-order valence-corrected chi connectivity index (χ2v) is 7.67. The highest BCUT2D eigenvalue weighted by Crippen LogP contribution is 2.20. The first-order valence-electron chi connectivity index (χ1n) is 9.52. The lowest BCUT2D eigenvalue weighted by atomic mass is 9.95. The second kappa shape index (κ2) is 9.73. The first-order valence-corrected chi connectivity index (χ1v) is 9.52. The molecule has 0 bridgehead atoms. The number of amides is 3. The van der Waals surface area contributed by atoms with Crippen LogP contribution in [0.5, 0.6) is 0 Å². The van der Waals surface area contributed by atoms with Gasteiger partial charge in [-0.25, -0.2) is 0 Å². The lowest BCUT2D eigenvalue weighted by Gasteiger charge is -2.18. The Morgan fingerprint density at radius 3 is 1.86 bits per heavy atom. The summed E-state index contributed by atoms with van der Waals surface area (Å²) < 4.78 is 0. The van der Waals surface area contributed by atoms with E-state index in [1.165, 1.54) is 0 Å². The zero-order valence-corrected chi connectivity index (χ0v) is 17.3. The summed E-state index contributed by atoms with van der Waals surface area (Å²) in [5.41, 5.74) is 2.22. The quantitative estimate of drug-likeness (QED) is 0.567. The van der Waals surface area contributed by atoms with Gasteiger partial charge in [0.05, 0.1) is 6.54 Å². The molecule has 2 aromatic carbocycles. The van der Waals surface area contributed by atoms with Crippen LogP contribution in [0.2, 0.25) is 0 Å². The molecule has 154 valence electrons. The van der Waals surface area contributed by atoms with Gasteiger partial charge in [-0.1, -0.05) is 33.8 Å². The molecular weight excluding hydrogens is 368 g/mol. The molecule has 0 unspecified atom stereocenters. The highest BCUT2D eigenvalue weighted by Gasteiger charge is 2.21. The smallest absolute Gasteiger partial charge is 0.243 e. The number of carbonyl (C=O) groups is 3. The third-order valence-electron chi connectivity index (χ3n) is 4.03. The molecule has 0 saturated carbocycles. The average Bonchev–Trinajstić information content (AvgIpc) is 2.67. The van der Waals surface area contributed by atoms with Gasteiger partial charge < -0.3 is 21.3 Å². The molecule has 29 heavy (non-hydrogen) atoms. The number of anilines is 4. The van der Waals surface area contributed by atoms with Crippen molar-refractivity contribution in [2.45, 2.75) is 34.1 Å². The van der Waals surface area contributed by atoms with Crippen LogP contribution < -0.4 is 21.3 Å². The zero-order chi connectivity index (χ0) is 21.4. The Morgan fingerprint density at radius 1 is 0.759 bits per heavy atom. The first kappa shape index (κ1) is 21.9. The van der Waals surface area contributed by atoms with Crippen molar-refractivity contribution in [1.29, 1.82) is 0 Å². The summed E-state index contributed by atoms with van der Waals surface area (Å²) >= 11 is 0. The monoisotopic (exact) mass is 396 g/mol. The minimum atomic E-state index is -0.488. The number of carbonyl (C=O) groups excluding carboxylic acids is 3. The molecule has 7 nitrogen and oxygen atoms in total. The molecule has 0 aliphatic heterocycles. The van der Waals surface area contributed by atoms with E-state index in [0.29, 0.717) is 23.5 Å². The molecule has 0 aromatic heterocycles. The van der Waals surface area contributed by atoms with Crippen LogP contribution in [-0.4, -0.2) is 24.3 Å². The molecule has 0 saturated heterocycles. The summed E-state index contributed by atoms with van der Waals surface area (Å²) in [6, 6.07) is 14.1. The molecule has 0 heterocycles. The fourth-order valence-electron chi connectivity index (χ4n) is 2.30. The standard InChI is InChI=1S/C22H28N4O3/c1-5-19(27)24-15-9-11-16(12-10-15)25-20(28)14-23-17-7-6-8-18(13-17)26-21(29)22(2,3)4/h6-13,23H,5,14H2,1-4H3,(H,24,27)(H,25,28)(H,26,29). The van der Waals surface area contributed by atoms with Crippen LogP contribution in [0, 0.1) is 5.41 Å². The van der Waals surface area contributed by atoms with Crippen molar-refractivity contribution in [2.75, 3.05) is 27.8 Å². The number of hydrogen-bond donors (Lipinski definition) is 4. The van der Waals surface area contributed by atoms with E-state index in [1.54, 1.807) is 43.3 Å². The SMILES string of the molecule is CCC(=O)Nc1ccc(NC(=O)CNc2cccc(NC(=O)C(C)(C)C)c2)cc1. The number of nitrogens with one attached hydrogen (secondary N) is 4. The van der Waals surface area contributed by atoms with Gasteiger partial charge in [-0.15, -0.1) is 0 Å². The minimum Gasteiger partial charge on any atom is -0.376 e. The number of hydrogen-bond acceptors (Lipinski definition) is 4. The summed E-state index contributed by atoms with van der Waals surface area (Å²) in [4.78, 5) is 35.7. The molecule has 2 aromatic rings. The Hall–Kier alpha value is -3.35. The Labute approximate surface area is 171 Å². The highest BCUT2D eigenvalue weighted by atomic mass is 16.2. The van der Waals surface area contributed by atoms with E-state index in [0.717, 1.165) is 5.69 Å². The van der Waals surface area contributed by atoms with Crippen LogP contribution in [0.25, 0.3) is 0 Å². The largest absolute Gasteiger partial charge is 0.376 e. The number of benzene rings is 2. The van der Waals surface area contributed by atoms with Crippen LogP contribution >= 0.6 is 0 Å². The van der Waals surface area contributed by atoms with Crippen LogP contribution in [-0.2, 0) is 14.4 Å². The molecule has 0 fully saturated rings. The van der Waals surface area contributed by atoms with Crippen molar-refractivity contribution in [3.8, 4) is 0 Å². The predicted molar refractivity (Wildman–Crippen MR) is 117 cm³/mol. The second-order valence-electron chi connectivity index (χ2n) is 7.67. The highest BCUT2D eigenvalue weighted by molar-refractivity contribution is 5.96. The van der Waals surface area contributed by atoms with Gasteiger partial charge in [-0.05, 0) is 42.5 Å². The Kier molecular flexibility index (Phi) is 7.36. The normalized spacial score (nSPS) is 10.8. The summed E-state index contributed by atoms with van der Waals surface area (Å²) in [6.45, 7) is 7.40. The van der Waals surface area contributed by atoms with Gasteiger partial charge in [0.2, 0.25) is 17.7 Å². The lowest BCUT2D eigenvalue weighted by Crippen LogP contribution is -2.27. The van der Waals surface area contributed by atoms with Gasteiger partial charge in [-0.2, -0.15) is 0 Å². The Morgan fingerprint density at radius 2 is 1.31 bits per heavy atom. The van der Waals surface area contributed by atoms with Crippen LogP contribution in [0.1, 0.15) is 34.1 Å². The van der Waals surface area contributed by atoms with Gasteiger partial charge in [0.15, 0.2) is 0 Å². The average molecular weight is 396 g/mol. The third-order valence-corrected chi connectivity index (χ3v) is 4.03. The fourth-order valence-corrected chi connectivity index (χ4v) is 2.30. The molecule has 2 rings (SSSR count). The molecule has 0 aliphatic carbocycles. The van der Waals surface area contributed by atoms with Crippen molar-refractivity contribution >= 4 is 40.5 Å². The van der Waals surface area contributed by atoms with Crippen LogP contribution in [0.15, 0.2) is 48.5 Å². The topological polar surface area (TPSA) is 99.3 Å². The van der Waals surface area contributed by atoms with Gasteiger partial charge in [0, 0.05) is 34.6 Å². The first-order chi connectivity index (χ1) is 13.7. The summed E-state index contributed by atoms with van der Waals surface area (Å²) in [6.07, 6.45) is 0.408. The predicted octanol–water partition coefficient (Wildman–Crippen LogP) is 4.07. The van der Waals surface area contributed by atoms with Crippen molar-refractivity contribution in [3.63, 3.8) is 0 Å². The van der Waals surface area contributed by atoms with E-state index < -0.39 is 5.41 Å². The molecular formula is C22H28N4O3. The maximum Gasteiger partial charge on any atom is 0.243 e. The van der Waals surface area contributed by atoms with Crippen LogP contribution in [0.4, 0.5) is 22.7 Å². The molecule has 0 spiro atoms. The summed E-state index contributed by atoms with van der Waals surface area (Å²) in [7, 11) is 0. The van der Waals surface area contributed by atoms with Crippen molar-refractivity contribution in [2.24, 2.45) is 5.41 Å². The zero-order valence-electron chi connectivity index (χ0n) is 17.3. The van der Waals surface area contributed by atoms with E-state index >= 15 is 0 Å². The number of rotatable bonds is 7. The molecule has 7 heteroatoms. The Bertz CT molecular complexity index is 870. The lowest BCUT2D eigenvalue weighted by molar-refractivity contribution is -0.123. The summed E-state index contributed by atoms with van der Waals surface area (Å²) in [5.74, 6) is -0.350. The van der Waals surface area contributed by atoms with Gasteiger partial charge >= 0.3 is 0 Å². The molecule has 0 aliphatic rings. The van der Waals surface area contributed by atoms with E-state index in [9.17, 15) is 14.4 Å². The van der Waals surface area contributed by atoms with Crippen molar-refractivity contribution < 1.29 is 14.4 Å². The molecule has 3 amide bonds. The van der Waals surface area contributed by atoms with E-state index in [-0.39, 0.29) is 24.3 Å². The minimum absolute atomic E-state index is 0.0631. The maximum atomic E-state index is 12.2. The Balaban J connectivity index is 1.87. The van der Waals surface area contributed by atoms with Crippen LogP contribution in [0.3, 0.4) is 0 Å². The third kappa shape index (κ3) is 7.29. The van der Waals surface area contributed by atoms with Crippen molar-refractivity contribution in [1.82, 2.24) is 0 Å². The van der Waals surface area contributed by atoms with Gasteiger partial charge in [0.1, 0.15) is 0 Å². The van der Waals surface area contributed by atoms with E-state index in [4.69, 9.17) is 0 Å². The van der Waals surface area contributed by atoms with E-state index in [2.05, 4.69) is 21.3 Å². The summed E-state index contributed by atoms with van der Waals surface area (Å²) in [5, 5.41) is 11.4. The van der Waals surface area contributed by atoms with E-state index in [1.807, 2.05) is 32.9 Å². The van der Waals surface area contributed by atoms with Gasteiger partial charge in [-0.3, -0.25) is 14.4 Å². The molecule has 0 radical (unpaired) electrons. The van der Waals surface area contributed by atoms with Gasteiger partial charge in [0.25, 0.3) is 0 Å². The maximum absolute atomic E-state index is 12.2.